The van der Waals surface area contributed by atoms with E-state index in [0.717, 1.165) is 19.0 Å². The topological polar surface area (TPSA) is 28.4 Å². The molecule has 1 aromatic rings. The monoisotopic (exact) mass is 250 g/mol. The molecule has 0 spiro atoms. The Hall–Kier alpha value is -0.800. The molecule has 0 unspecified atom stereocenters. The molecule has 0 saturated carbocycles. The lowest BCUT2D eigenvalue weighted by Crippen LogP contribution is -2.38. The van der Waals surface area contributed by atoms with E-state index in [0.29, 0.717) is 0 Å². The molecule has 1 aliphatic rings. The average Bonchev–Trinajstić information content (AvgIpc) is 2.90. The van der Waals surface area contributed by atoms with Gasteiger partial charge in [0, 0.05) is 25.2 Å². The molecule has 1 fully saturated rings. The molecule has 2 heterocycles. The molecule has 0 amide bonds. The number of nitrogens with one attached hydrogen (secondary N) is 1. The van der Waals surface area contributed by atoms with Crippen LogP contribution in [-0.2, 0) is 6.54 Å². The van der Waals surface area contributed by atoms with E-state index in [1.807, 2.05) is 12.3 Å². The third-order valence-corrected chi connectivity index (χ3v) is 3.92. The fourth-order valence-electron chi connectivity index (χ4n) is 2.77. The number of likely N-dealkylation sites (tertiary alicyclic amines) is 1. The highest BCUT2D eigenvalue weighted by molar-refractivity contribution is 5.04. The first kappa shape index (κ1) is 13.6. The van der Waals surface area contributed by atoms with Gasteiger partial charge in [-0.3, -0.25) is 0 Å². The molecule has 3 heteroatoms. The Morgan fingerprint density at radius 2 is 2.22 bits per heavy atom. The SMILES string of the molecule is CCCC1CCN(CCNCc2ccoc2)CC1. The Morgan fingerprint density at radius 1 is 1.39 bits per heavy atom. The quantitative estimate of drug-likeness (QED) is 0.754. The van der Waals surface area contributed by atoms with Crippen molar-refractivity contribution < 1.29 is 4.42 Å². The number of rotatable bonds is 7. The van der Waals surface area contributed by atoms with Crippen molar-refractivity contribution in [2.24, 2.45) is 5.92 Å². The van der Waals surface area contributed by atoms with Crippen molar-refractivity contribution in [3.05, 3.63) is 24.2 Å². The first-order valence-corrected chi connectivity index (χ1v) is 7.32. The number of nitrogens with zero attached hydrogens (tertiary/aromatic N) is 1. The van der Waals surface area contributed by atoms with Crippen LogP contribution in [0, 0.1) is 5.92 Å². The normalized spacial score (nSPS) is 18.3. The van der Waals surface area contributed by atoms with Crippen molar-refractivity contribution in [2.45, 2.75) is 39.2 Å². The Balaban J connectivity index is 1.53. The predicted molar refractivity (Wildman–Crippen MR) is 74.5 cm³/mol. The summed E-state index contributed by atoms with van der Waals surface area (Å²) in [6, 6.07) is 2.02. The summed E-state index contributed by atoms with van der Waals surface area (Å²) < 4.78 is 5.05. The van der Waals surface area contributed by atoms with Gasteiger partial charge in [0.1, 0.15) is 0 Å². The first-order valence-electron chi connectivity index (χ1n) is 7.32. The number of furan rings is 1. The first-order chi connectivity index (χ1) is 8.88. The minimum absolute atomic E-state index is 0.919. The van der Waals surface area contributed by atoms with Crippen LogP contribution in [0.3, 0.4) is 0 Å². The van der Waals surface area contributed by atoms with Crippen LogP contribution in [0.25, 0.3) is 0 Å². The average molecular weight is 250 g/mol. The van der Waals surface area contributed by atoms with Gasteiger partial charge in [0.15, 0.2) is 0 Å². The van der Waals surface area contributed by atoms with E-state index in [2.05, 4.69) is 17.1 Å². The minimum atomic E-state index is 0.919. The molecule has 18 heavy (non-hydrogen) atoms. The van der Waals surface area contributed by atoms with Crippen LogP contribution in [0.4, 0.5) is 0 Å². The third-order valence-electron chi connectivity index (χ3n) is 3.92. The van der Waals surface area contributed by atoms with Crippen LogP contribution < -0.4 is 5.32 Å². The summed E-state index contributed by atoms with van der Waals surface area (Å²) >= 11 is 0. The van der Waals surface area contributed by atoms with Gasteiger partial charge >= 0.3 is 0 Å². The van der Waals surface area contributed by atoms with Crippen molar-refractivity contribution in [1.29, 1.82) is 0 Å². The second kappa shape index (κ2) is 7.59. The van der Waals surface area contributed by atoms with Gasteiger partial charge < -0.3 is 14.6 Å². The van der Waals surface area contributed by atoms with Crippen LogP contribution in [0.15, 0.2) is 23.0 Å². The van der Waals surface area contributed by atoms with Gasteiger partial charge in [-0.05, 0) is 37.9 Å². The highest BCUT2D eigenvalue weighted by atomic mass is 16.3. The van der Waals surface area contributed by atoms with E-state index in [1.54, 1.807) is 6.26 Å². The molecule has 1 aromatic heterocycles. The maximum atomic E-state index is 5.05. The minimum Gasteiger partial charge on any atom is -0.472 e. The Morgan fingerprint density at radius 3 is 2.89 bits per heavy atom. The molecular weight excluding hydrogens is 224 g/mol. The maximum Gasteiger partial charge on any atom is 0.0947 e. The Kier molecular flexibility index (Phi) is 5.75. The zero-order chi connectivity index (χ0) is 12.6. The summed E-state index contributed by atoms with van der Waals surface area (Å²) in [5.41, 5.74) is 1.23. The smallest absolute Gasteiger partial charge is 0.0947 e. The predicted octanol–water partition coefficient (Wildman–Crippen LogP) is 2.88. The standard InChI is InChI=1S/C15H26N2O/c1-2-3-14-4-8-17(9-5-14)10-7-16-12-15-6-11-18-13-15/h6,11,13-14,16H,2-5,7-10,12H2,1H3. The Bertz CT molecular complexity index is 302. The molecule has 3 nitrogen and oxygen atoms in total. The molecule has 1 aliphatic heterocycles. The highest BCUT2D eigenvalue weighted by Gasteiger charge is 2.17. The third kappa shape index (κ3) is 4.46. The van der Waals surface area contributed by atoms with Gasteiger partial charge in [-0.2, -0.15) is 0 Å². The van der Waals surface area contributed by atoms with Gasteiger partial charge in [0.25, 0.3) is 0 Å². The molecular formula is C15H26N2O. The second-order valence-corrected chi connectivity index (χ2v) is 5.38. The van der Waals surface area contributed by atoms with Crippen LogP contribution in [-0.4, -0.2) is 31.1 Å². The zero-order valence-electron chi connectivity index (χ0n) is 11.5. The van der Waals surface area contributed by atoms with Crippen LogP contribution in [0.2, 0.25) is 0 Å². The van der Waals surface area contributed by atoms with E-state index >= 15 is 0 Å². The highest BCUT2D eigenvalue weighted by Crippen LogP contribution is 2.21. The van der Waals surface area contributed by atoms with Crippen LogP contribution in [0.1, 0.15) is 38.2 Å². The summed E-state index contributed by atoms with van der Waals surface area (Å²) in [6.45, 7) is 8.05. The Labute approximate surface area is 111 Å². The molecule has 0 atom stereocenters. The van der Waals surface area contributed by atoms with E-state index in [-0.39, 0.29) is 0 Å². The summed E-state index contributed by atoms with van der Waals surface area (Å²) in [4.78, 5) is 2.59. The van der Waals surface area contributed by atoms with Crippen molar-refractivity contribution in [3.63, 3.8) is 0 Å². The van der Waals surface area contributed by atoms with Gasteiger partial charge in [-0.25, -0.2) is 0 Å². The van der Waals surface area contributed by atoms with Crippen molar-refractivity contribution in [3.8, 4) is 0 Å². The summed E-state index contributed by atoms with van der Waals surface area (Å²) in [7, 11) is 0. The van der Waals surface area contributed by atoms with Gasteiger partial charge in [-0.1, -0.05) is 19.8 Å². The molecule has 0 radical (unpaired) electrons. The van der Waals surface area contributed by atoms with Crippen molar-refractivity contribution in [1.82, 2.24) is 10.2 Å². The summed E-state index contributed by atoms with van der Waals surface area (Å²) in [6.07, 6.45) is 9.10. The van der Waals surface area contributed by atoms with Gasteiger partial charge in [-0.15, -0.1) is 0 Å². The lowest BCUT2D eigenvalue weighted by atomic mass is 9.92. The second-order valence-electron chi connectivity index (χ2n) is 5.38. The lowest BCUT2D eigenvalue weighted by molar-refractivity contribution is 0.179. The summed E-state index contributed by atoms with van der Waals surface area (Å²) in [5, 5.41) is 3.47. The fraction of sp³-hybridized carbons (Fsp3) is 0.733. The van der Waals surface area contributed by atoms with E-state index in [1.165, 1.54) is 50.9 Å². The van der Waals surface area contributed by atoms with Gasteiger partial charge in [0.2, 0.25) is 0 Å². The molecule has 0 aliphatic carbocycles. The molecule has 2 rings (SSSR count). The largest absolute Gasteiger partial charge is 0.472 e. The van der Waals surface area contributed by atoms with Crippen molar-refractivity contribution >= 4 is 0 Å². The van der Waals surface area contributed by atoms with Crippen LogP contribution in [0.5, 0.6) is 0 Å². The van der Waals surface area contributed by atoms with Crippen molar-refractivity contribution in [2.75, 3.05) is 26.2 Å². The van der Waals surface area contributed by atoms with Gasteiger partial charge in [0.05, 0.1) is 12.5 Å². The molecule has 0 bridgehead atoms. The zero-order valence-corrected chi connectivity index (χ0v) is 11.5. The number of piperidine rings is 1. The van der Waals surface area contributed by atoms with E-state index in [9.17, 15) is 0 Å². The summed E-state index contributed by atoms with van der Waals surface area (Å²) in [5.74, 6) is 0.991. The van der Waals surface area contributed by atoms with Crippen LogP contribution >= 0.6 is 0 Å². The molecule has 1 N–H and O–H groups in total. The number of hydrogen-bond acceptors (Lipinski definition) is 3. The lowest BCUT2D eigenvalue weighted by Gasteiger charge is -2.31. The molecule has 0 aromatic carbocycles. The van der Waals surface area contributed by atoms with E-state index in [4.69, 9.17) is 4.42 Å². The maximum absolute atomic E-state index is 5.05. The number of hydrogen-bond donors (Lipinski definition) is 1. The molecule has 102 valence electrons. The molecule has 1 saturated heterocycles. The van der Waals surface area contributed by atoms with E-state index < -0.39 is 0 Å². The fourth-order valence-corrected chi connectivity index (χ4v) is 2.77.